The smallest absolute Gasteiger partial charge is 0.168 e. The van der Waals surface area contributed by atoms with Crippen LogP contribution in [0.3, 0.4) is 0 Å². The van der Waals surface area contributed by atoms with E-state index in [9.17, 15) is 8.78 Å². The highest BCUT2D eigenvalue weighted by Gasteiger charge is 2.10. The molecule has 0 atom stereocenters. The predicted octanol–water partition coefficient (Wildman–Crippen LogP) is 4.04. The fourth-order valence-corrected chi connectivity index (χ4v) is 1.76. The van der Waals surface area contributed by atoms with Crippen LogP contribution < -0.4 is 10.5 Å². The molecule has 0 spiro atoms. The van der Waals surface area contributed by atoms with E-state index in [1.807, 2.05) is 0 Å². The van der Waals surface area contributed by atoms with Gasteiger partial charge < -0.3 is 10.5 Å². The molecular weight excluding hydrogens is 292 g/mol. The molecule has 0 saturated heterocycles. The van der Waals surface area contributed by atoms with E-state index in [0.717, 1.165) is 12.1 Å². The van der Waals surface area contributed by atoms with Gasteiger partial charge in [0, 0.05) is 11.6 Å². The van der Waals surface area contributed by atoms with Gasteiger partial charge in [-0.15, -0.1) is 0 Å². The molecule has 2 N–H and O–H groups in total. The molecule has 2 aromatic rings. The summed E-state index contributed by atoms with van der Waals surface area (Å²) in [4.78, 5) is 0.196. The number of ether oxygens (including phenoxy) is 1. The summed E-state index contributed by atoms with van der Waals surface area (Å²) in [6, 6.07) is 7.63. The minimum Gasteiger partial charge on any atom is -0.453 e. The van der Waals surface area contributed by atoms with Gasteiger partial charge in [-0.2, -0.15) is 0 Å². The summed E-state index contributed by atoms with van der Waals surface area (Å²) < 4.78 is 31.5. The molecule has 0 aliphatic heterocycles. The highest BCUT2D eigenvalue weighted by atomic mass is 35.5. The van der Waals surface area contributed by atoms with Gasteiger partial charge in [-0.05, 0) is 30.3 Å². The Balaban J connectivity index is 2.31. The van der Waals surface area contributed by atoms with Crippen LogP contribution in [-0.4, -0.2) is 4.99 Å². The van der Waals surface area contributed by atoms with E-state index < -0.39 is 11.6 Å². The van der Waals surface area contributed by atoms with Crippen LogP contribution in [0, 0.1) is 11.6 Å². The summed E-state index contributed by atoms with van der Waals surface area (Å²) in [5, 5.41) is 0.231. The Morgan fingerprint density at radius 2 is 1.79 bits per heavy atom. The lowest BCUT2D eigenvalue weighted by Gasteiger charge is -2.09. The highest BCUT2D eigenvalue weighted by Crippen LogP contribution is 2.31. The van der Waals surface area contributed by atoms with E-state index in [1.165, 1.54) is 18.2 Å². The van der Waals surface area contributed by atoms with E-state index in [1.54, 1.807) is 6.07 Å². The molecular formula is C13H8ClF2NOS. The van der Waals surface area contributed by atoms with Crippen molar-refractivity contribution in [2.45, 2.75) is 0 Å². The summed E-state index contributed by atoms with van der Waals surface area (Å²) in [5.41, 5.74) is 6.03. The molecule has 2 nitrogen and oxygen atoms in total. The normalized spacial score (nSPS) is 10.3. The van der Waals surface area contributed by atoms with Gasteiger partial charge in [0.05, 0.1) is 5.02 Å². The maximum absolute atomic E-state index is 13.4. The number of hydrogen-bond donors (Lipinski definition) is 1. The van der Waals surface area contributed by atoms with Crippen LogP contribution in [0.2, 0.25) is 5.02 Å². The molecule has 2 aromatic carbocycles. The summed E-state index contributed by atoms with van der Waals surface area (Å²) >= 11 is 10.8. The highest BCUT2D eigenvalue weighted by molar-refractivity contribution is 7.80. The fourth-order valence-electron chi connectivity index (χ4n) is 1.41. The fraction of sp³-hybridized carbons (Fsp3) is 0. The Kier molecular flexibility index (Phi) is 3.97. The second-order valence-electron chi connectivity index (χ2n) is 3.69. The number of nitrogens with two attached hydrogens (primary N) is 1. The summed E-state index contributed by atoms with van der Waals surface area (Å²) in [6.45, 7) is 0. The van der Waals surface area contributed by atoms with Crippen molar-refractivity contribution in [2.75, 3.05) is 0 Å². The molecule has 0 aliphatic rings. The monoisotopic (exact) mass is 299 g/mol. The van der Waals surface area contributed by atoms with Gasteiger partial charge >= 0.3 is 0 Å². The van der Waals surface area contributed by atoms with Crippen molar-refractivity contribution in [1.82, 2.24) is 0 Å². The van der Waals surface area contributed by atoms with Gasteiger partial charge in [-0.1, -0.05) is 23.8 Å². The third kappa shape index (κ3) is 3.19. The van der Waals surface area contributed by atoms with Crippen molar-refractivity contribution in [1.29, 1.82) is 0 Å². The lowest BCUT2D eigenvalue weighted by molar-refractivity contribution is 0.438. The maximum Gasteiger partial charge on any atom is 0.168 e. The Morgan fingerprint density at radius 3 is 2.37 bits per heavy atom. The first-order chi connectivity index (χ1) is 8.97. The average molecular weight is 300 g/mol. The van der Waals surface area contributed by atoms with Crippen LogP contribution in [0.25, 0.3) is 0 Å². The lowest BCUT2D eigenvalue weighted by Crippen LogP contribution is -2.08. The van der Waals surface area contributed by atoms with Crippen LogP contribution in [0.4, 0.5) is 8.78 Å². The third-order valence-electron chi connectivity index (χ3n) is 2.33. The van der Waals surface area contributed by atoms with E-state index in [4.69, 9.17) is 34.3 Å². The maximum atomic E-state index is 13.4. The molecule has 0 fully saturated rings. The van der Waals surface area contributed by atoms with Crippen LogP contribution in [0.5, 0.6) is 11.5 Å². The lowest BCUT2D eigenvalue weighted by atomic mass is 10.2. The van der Waals surface area contributed by atoms with E-state index in [0.29, 0.717) is 5.56 Å². The molecule has 19 heavy (non-hydrogen) atoms. The van der Waals surface area contributed by atoms with Crippen molar-refractivity contribution in [3.8, 4) is 11.5 Å². The number of benzene rings is 2. The summed E-state index contributed by atoms with van der Waals surface area (Å²) in [6.07, 6.45) is 0. The first kappa shape index (κ1) is 13.7. The SMILES string of the molecule is NC(=S)c1ccc(Oc2ccc(F)cc2F)c(Cl)c1. The van der Waals surface area contributed by atoms with Crippen molar-refractivity contribution in [3.63, 3.8) is 0 Å². The predicted molar refractivity (Wildman–Crippen MR) is 73.8 cm³/mol. The Bertz CT molecular complexity index is 649. The van der Waals surface area contributed by atoms with Crippen LogP contribution in [-0.2, 0) is 0 Å². The molecule has 0 saturated carbocycles. The van der Waals surface area contributed by atoms with E-state index >= 15 is 0 Å². The second-order valence-corrected chi connectivity index (χ2v) is 4.53. The largest absolute Gasteiger partial charge is 0.453 e. The standard InChI is InChI=1S/C13H8ClF2NOS/c14-9-5-7(13(17)19)1-3-11(9)18-12-4-2-8(15)6-10(12)16/h1-6H,(H2,17,19). The quantitative estimate of drug-likeness (QED) is 0.869. The van der Waals surface area contributed by atoms with Gasteiger partial charge in [-0.25, -0.2) is 8.78 Å². The number of rotatable bonds is 3. The van der Waals surface area contributed by atoms with Gasteiger partial charge in [0.2, 0.25) is 0 Å². The number of halogens is 3. The molecule has 0 radical (unpaired) electrons. The number of hydrogen-bond acceptors (Lipinski definition) is 2. The van der Waals surface area contributed by atoms with Gasteiger partial charge in [0.1, 0.15) is 16.6 Å². The molecule has 98 valence electrons. The van der Waals surface area contributed by atoms with Crippen molar-refractivity contribution in [3.05, 3.63) is 58.6 Å². The molecule has 2 rings (SSSR count). The van der Waals surface area contributed by atoms with Crippen LogP contribution in [0.1, 0.15) is 5.56 Å². The van der Waals surface area contributed by atoms with Crippen molar-refractivity contribution in [2.24, 2.45) is 5.73 Å². The zero-order valence-electron chi connectivity index (χ0n) is 9.49. The Labute approximate surface area is 118 Å². The van der Waals surface area contributed by atoms with Gasteiger partial charge in [-0.3, -0.25) is 0 Å². The van der Waals surface area contributed by atoms with Crippen molar-refractivity contribution >= 4 is 28.8 Å². The molecule has 0 amide bonds. The van der Waals surface area contributed by atoms with E-state index in [-0.39, 0.29) is 21.5 Å². The summed E-state index contributed by atoms with van der Waals surface area (Å²) in [5.74, 6) is -1.38. The topological polar surface area (TPSA) is 35.2 Å². The van der Waals surface area contributed by atoms with Crippen LogP contribution >= 0.6 is 23.8 Å². The Hall–Kier alpha value is -1.72. The first-order valence-corrected chi connectivity index (χ1v) is 5.98. The Morgan fingerprint density at radius 1 is 1.11 bits per heavy atom. The van der Waals surface area contributed by atoms with Crippen molar-refractivity contribution < 1.29 is 13.5 Å². The molecule has 0 unspecified atom stereocenters. The van der Waals surface area contributed by atoms with Crippen LogP contribution in [0.15, 0.2) is 36.4 Å². The van der Waals surface area contributed by atoms with Gasteiger partial charge in [0.15, 0.2) is 11.6 Å². The minimum atomic E-state index is -0.811. The number of thiocarbonyl (C=S) groups is 1. The minimum absolute atomic E-state index is 0.119. The zero-order chi connectivity index (χ0) is 14.0. The molecule has 0 bridgehead atoms. The van der Waals surface area contributed by atoms with Gasteiger partial charge in [0.25, 0.3) is 0 Å². The average Bonchev–Trinajstić information content (AvgIpc) is 2.34. The molecule has 0 aliphatic carbocycles. The first-order valence-electron chi connectivity index (χ1n) is 5.19. The molecule has 6 heteroatoms. The van der Waals surface area contributed by atoms with E-state index in [2.05, 4.69) is 0 Å². The molecule has 0 aromatic heterocycles. The molecule has 0 heterocycles. The zero-order valence-corrected chi connectivity index (χ0v) is 11.1. The summed E-state index contributed by atoms with van der Waals surface area (Å²) in [7, 11) is 0. The second kappa shape index (κ2) is 5.50. The third-order valence-corrected chi connectivity index (χ3v) is 2.86.